The van der Waals surface area contributed by atoms with Crippen LogP contribution in [0.3, 0.4) is 0 Å². The van der Waals surface area contributed by atoms with Crippen molar-refractivity contribution < 1.29 is 0 Å². The summed E-state index contributed by atoms with van der Waals surface area (Å²) < 4.78 is 7.47. The SMILES string of the molecule is c1ccc(-n2c3ccccc3c3cc(-c4ccc5sc6c7ccccc7n(-c7ccccc7)c6c5c4)ccc32)cc1. The van der Waals surface area contributed by atoms with Crippen molar-refractivity contribution in [2.45, 2.75) is 0 Å². The van der Waals surface area contributed by atoms with Crippen LogP contribution in [0.2, 0.25) is 0 Å². The number of thiophene rings is 1. The molecule has 2 nitrogen and oxygen atoms in total. The molecule has 0 spiro atoms. The maximum Gasteiger partial charge on any atom is 0.0727 e. The number of hydrogen-bond acceptors (Lipinski definition) is 1. The lowest BCUT2D eigenvalue weighted by Crippen LogP contribution is -1.93. The first-order valence-corrected chi connectivity index (χ1v) is 14.8. The minimum atomic E-state index is 1.18. The van der Waals surface area contributed by atoms with Crippen molar-refractivity contribution in [2.24, 2.45) is 0 Å². The Labute approximate surface area is 240 Å². The standard InChI is InChI=1S/C38H24N2S/c1-3-11-27(12-4-1)39-33-17-9-7-15-29(33)31-23-25(19-21-35(31)39)26-20-22-36-32(24-26)37-38(41-36)30-16-8-10-18-34(30)40(37)28-13-5-2-6-14-28/h1-24H. The topological polar surface area (TPSA) is 9.86 Å². The first-order chi connectivity index (χ1) is 20.3. The number of para-hydroxylation sites is 4. The zero-order valence-electron chi connectivity index (χ0n) is 22.2. The highest BCUT2D eigenvalue weighted by molar-refractivity contribution is 7.26. The van der Waals surface area contributed by atoms with E-state index in [1.807, 2.05) is 11.3 Å². The van der Waals surface area contributed by atoms with Gasteiger partial charge in [0.25, 0.3) is 0 Å². The predicted octanol–water partition coefficient (Wildman–Crippen LogP) is 10.8. The Bertz CT molecular complexity index is 2410. The van der Waals surface area contributed by atoms with Gasteiger partial charge >= 0.3 is 0 Å². The maximum absolute atomic E-state index is 2.43. The Morgan fingerprint density at radius 2 is 0.927 bits per heavy atom. The van der Waals surface area contributed by atoms with E-state index in [9.17, 15) is 0 Å². The van der Waals surface area contributed by atoms with E-state index in [4.69, 9.17) is 0 Å². The van der Waals surface area contributed by atoms with Gasteiger partial charge < -0.3 is 9.13 Å². The minimum Gasteiger partial charge on any atom is -0.309 e. The molecule has 0 N–H and O–H groups in total. The molecule has 0 unspecified atom stereocenters. The molecule has 3 heterocycles. The van der Waals surface area contributed by atoms with Crippen LogP contribution in [0.25, 0.3) is 75.5 Å². The lowest BCUT2D eigenvalue weighted by molar-refractivity contribution is 1.18. The molecule has 9 rings (SSSR count). The van der Waals surface area contributed by atoms with Crippen molar-refractivity contribution in [3.05, 3.63) is 146 Å². The Balaban J connectivity index is 1.30. The number of fused-ring (bicyclic) bond motifs is 8. The predicted molar refractivity (Wildman–Crippen MR) is 176 cm³/mol. The normalized spacial score (nSPS) is 11.9. The summed E-state index contributed by atoms with van der Waals surface area (Å²) in [4.78, 5) is 0. The van der Waals surface area contributed by atoms with Gasteiger partial charge in [0.1, 0.15) is 0 Å². The van der Waals surface area contributed by atoms with Crippen molar-refractivity contribution in [2.75, 3.05) is 0 Å². The highest BCUT2D eigenvalue weighted by Crippen LogP contribution is 2.44. The minimum absolute atomic E-state index is 1.18. The summed E-state index contributed by atoms with van der Waals surface area (Å²) in [5.74, 6) is 0. The van der Waals surface area contributed by atoms with Crippen LogP contribution >= 0.6 is 11.3 Å². The molecule has 0 saturated heterocycles. The quantitative estimate of drug-likeness (QED) is 0.211. The molecular weight excluding hydrogens is 516 g/mol. The molecule has 6 aromatic carbocycles. The van der Waals surface area contributed by atoms with Gasteiger partial charge in [-0.2, -0.15) is 0 Å². The second-order valence-electron chi connectivity index (χ2n) is 10.6. The molecule has 0 amide bonds. The van der Waals surface area contributed by atoms with Crippen LogP contribution in [0.5, 0.6) is 0 Å². The summed E-state index contributed by atoms with van der Waals surface area (Å²) in [6, 6.07) is 52.8. The largest absolute Gasteiger partial charge is 0.309 e. The van der Waals surface area contributed by atoms with E-state index in [-0.39, 0.29) is 0 Å². The van der Waals surface area contributed by atoms with E-state index in [1.54, 1.807) is 0 Å². The Hall–Kier alpha value is -5.12. The lowest BCUT2D eigenvalue weighted by Gasteiger charge is -2.09. The number of benzene rings is 6. The number of nitrogens with zero attached hydrogens (tertiary/aromatic N) is 2. The van der Waals surface area contributed by atoms with Crippen LogP contribution in [0.15, 0.2) is 146 Å². The van der Waals surface area contributed by atoms with E-state index >= 15 is 0 Å². The van der Waals surface area contributed by atoms with Gasteiger partial charge in [-0.05, 0) is 71.8 Å². The van der Waals surface area contributed by atoms with Gasteiger partial charge in [0.2, 0.25) is 0 Å². The Morgan fingerprint density at radius 3 is 1.66 bits per heavy atom. The summed E-state index contributed by atoms with van der Waals surface area (Å²) in [5.41, 5.74) is 9.85. The van der Waals surface area contributed by atoms with Crippen LogP contribution < -0.4 is 0 Å². The van der Waals surface area contributed by atoms with Crippen molar-refractivity contribution in [1.29, 1.82) is 0 Å². The monoisotopic (exact) mass is 540 g/mol. The van der Waals surface area contributed by atoms with Crippen molar-refractivity contribution in [1.82, 2.24) is 9.13 Å². The molecule has 0 aliphatic heterocycles. The van der Waals surface area contributed by atoms with E-state index in [2.05, 4.69) is 155 Å². The van der Waals surface area contributed by atoms with Gasteiger partial charge in [-0.1, -0.05) is 84.9 Å². The molecule has 0 aliphatic rings. The molecule has 0 fully saturated rings. The molecule has 0 bridgehead atoms. The van der Waals surface area contributed by atoms with E-state index in [1.165, 1.54) is 75.5 Å². The van der Waals surface area contributed by atoms with Crippen LogP contribution in [-0.4, -0.2) is 9.13 Å². The molecule has 0 atom stereocenters. The maximum atomic E-state index is 2.43. The van der Waals surface area contributed by atoms with Gasteiger partial charge in [0.15, 0.2) is 0 Å². The van der Waals surface area contributed by atoms with Crippen molar-refractivity contribution >= 4 is 64.3 Å². The summed E-state index contributed by atoms with van der Waals surface area (Å²) >= 11 is 1.89. The lowest BCUT2D eigenvalue weighted by atomic mass is 10.0. The van der Waals surface area contributed by atoms with Crippen LogP contribution in [0.1, 0.15) is 0 Å². The highest BCUT2D eigenvalue weighted by Gasteiger charge is 2.18. The highest BCUT2D eigenvalue weighted by atomic mass is 32.1. The number of aromatic nitrogens is 2. The molecule has 0 saturated carbocycles. The van der Waals surface area contributed by atoms with Crippen molar-refractivity contribution in [3.63, 3.8) is 0 Å². The summed E-state index contributed by atoms with van der Waals surface area (Å²) in [6.07, 6.45) is 0. The van der Waals surface area contributed by atoms with E-state index in [0.717, 1.165) is 0 Å². The molecule has 41 heavy (non-hydrogen) atoms. The summed E-state index contributed by atoms with van der Waals surface area (Å²) in [7, 11) is 0. The molecule has 192 valence electrons. The third-order valence-electron chi connectivity index (χ3n) is 8.31. The fourth-order valence-electron chi connectivity index (χ4n) is 6.50. The van der Waals surface area contributed by atoms with Crippen LogP contribution in [-0.2, 0) is 0 Å². The zero-order chi connectivity index (χ0) is 26.9. The van der Waals surface area contributed by atoms with Crippen LogP contribution in [0, 0.1) is 0 Å². The van der Waals surface area contributed by atoms with E-state index in [0.29, 0.717) is 0 Å². The van der Waals surface area contributed by atoms with Gasteiger partial charge in [-0.25, -0.2) is 0 Å². The van der Waals surface area contributed by atoms with Gasteiger partial charge in [0.05, 0.1) is 26.8 Å². The summed E-state index contributed by atoms with van der Waals surface area (Å²) in [6.45, 7) is 0. The van der Waals surface area contributed by atoms with Gasteiger partial charge in [0, 0.05) is 37.6 Å². The number of hydrogen-bond donors (Lipinski definition) is 0. The van der Waals surface area contributed by atoms with Gasteiger partial charge in [-0.3, -0.25) is 0 Å². The molecular formula is C38H24N2S. The molecule has 9 aromatic rings. The molecule has 0 radical (unpaired) electrons. The Morgan fingerprint density at radius 1 is 0.390 bits per heavy atom. The van der Waals surface area contributed by atoms with Crippen LogP contribution in [0.4, 0.5) is 0 Å². The van der Waals surface area contributed by atoms with Crippen molar-refractivity contribution in [3.8, 4) is 22.5 Å². The Kier molecular flexibility index (Phi) is 4.80. The molecule has 3 aromatic heterocycles. The molecule has 0 aliphatic carbocycles. The smallest absolute Gasteiger partial charge is 0.0727 e. The van der Waals surface area contributed by atoms with Gasteiger partial charge in [-0.15, -0.1) is 11.3 Å². The third kappa shape index (κ3) is 3.30. The van der Waals surface area contributed by atoms with E-state index < -0.39 is 0 Å². The third-order valence-corrected chi connectivity index (χ3v) is 9.50. The zero-order valence-corrected chi connectivity index (χ0v) is 23.0. The number of rotatable bonds is 3. The second-order valence-corrected chi connectivity index (χ2v) is 11.7. The fraction of sp³-hybridized carbons (Fsp3) is 0. The average Bonchev–Trinajstić information content (AvgIpc) is 3.68. The fourth-order valence-corrected chi connectivity index (χ4v) is 7.70. The second kappa shape index (κ2) is 8.69. The molecule has 3 heteroatoms. The average molecular weight is 541 g/mol. The summed E-state index contributed by atoms with van der Waals surface area (Å²) in [5, 5.41) is 5.16. The first-order valence-electron chi connectivity index (χ1n) is 14.0. The first kappa shape index (κ1) is 22.7.